The van der Waals surface area contributed by atoms with Crippen molar-refractivity contribution in [3.05, 3.63) is 82.3 Å². The Bertz CT molecular complexity index is 1180. The highest BCUT2D eigenvalue weighted by Gasteiger charge is 2.14. The summed E-state index contributed by atoms with van der Waals surface area (Å²) >= 11 is 12.4. The molecule has 0 amide bonds. The predicted molar refractivity (Wildman–Crippen MR) is 141 cm³/mol. The van der Waals surface area contributed by atoms with Crippen LogP contribution in [0.25, 0.3) is 21.8 Å². The van der Waals surface area contributed by atoms with Crippen LogP contribution in [0.2, 0.25) is 10.0 Å². The van der Waals surface area contributed by atoms with Crippen LogP contribution >= 0.6 is 23.2 Å². The van der Waals surface area contributed by atoms with Gasteiger partial charge >= 0.3 is 5.97 Å². The number of aliphatic hydroxyl groups excluding tert-OH is 1. The Labute approximate surface area is 209 Å². The van der Waals surface area contributed by atoms with Gasteiger partial charge in [-0.2, -0.15) is 0 Å². The van der Waals surface area contributed by atoms with Crippen LogP contribution in [0.4, 0.5) is 0 Å². The number of hydrogen-bond acceptors (Lipinski definition) is 3. The van der Waals surface area contributed by atoms with Gasteiger partial charge in [0, 0.05) is 38.4 Å². The molecule has 5 nitrogen and oxygen atoms in total. The molecule has 7 heteroatoms. The van der Waals surface area contributed by atoms with Gasteiger partial charge in [0.05, 0.1) is 18.2 Å². The smallest absolute Gasteiger partial charge is 0.335 e. The zero-order valence-corrected chi connectivity index (χ0v) is 20.9. The van der Waals surface area contributed by atoms with Crippen LogP contribution in [0.3, 0.4) is 0 Å². The maximum Gasteiger partial charge on any atom is 0.335 e. The molecule has 0 spiro atoms. The van der Waals surface area contributed by atoms with E-state index < -0.39 is 12.1 Å². The number of aromatic carboxylic acids is 1. The number of halogens is 2. The van der Waals surface area contributed by atoms with Crippen LogP contribution in [0, 0.1) is 5.92 Å². The molecular weight excluding hydrogens is 471 g/mol. The zero-order chi connectivity index (χ0) is 24.7. The van der Waals surface area contributed by atoms with E-state index in [0.29, 0.717) is 34.6 Å². The van der Waals surface area contributed by atoms with Crippen molar-refractivity contribution in [1.82, 2.24) is 9.88 Å². The number of carboxylic acids is 1. The standard InChI is InChI=1S/C20H24Cl2N2O.C7H6O2/c1-13(2)7-8-23-11-16(25)12-24-19-5-3-14(21)9-17(19)18-10-15(22)4-6-20(18)24;8-7(9)6-4-2-1-3-5-6/h3-6,9-10,13,16,23,25H,7-8,11-12H2,1-2H3;1-5H,(H,8,9). The summed E-state index contributed by atoms with van der Waals surface area (Å²) in [5.74, 6) is -0.216. The number of hydrogen-bond donors (Lipinski definition) is 3. The van der Waals surface area contributed by atoms with E-state index in [0.717, 1.165) is 34.8 Å². The molecule has 180 valence electrons. The number of aliphatic hydroxyl groups is 1. The third kappa shape index (κ3) is 6.97. The second kappa shape index (κ2) is 12.2. The quantitative estimate of drug-likeness (QED) is 0.242. The second-order valence-electron chi connectivity index (χ2n) is 8.65. The predicted octanol–water partition coefficient (Wildman–Crippen LogP) is 6.48. The molecule has 0 aliphatic carbocycles. The average molecular weight is 501 g/mol. The van der Waals surface area contributed by atoms with E-state index in [1.165, 1.54) is 0 Å². The van der Waals surface area contributed by atoms with Gasteiger partial charge in [0.25, 0.3) is 0 Å². The third-order valence-corrected chi connectivity index (χ3v) is 5.95. The van der Waals surface area contributed by atoms with Gasteiger partial charge in [0.2, 0.25) is 0 Å². The van der Waals surface area contributed by atoms with Gasteiger partial charge in [0.15, 0.2) is 0 Å². The Morgan fingerprint density at radius 1 is 0.941 bits per heavy atom. The highest BCUT2D eigenvalue weighted by molar-refractivity contribution is 6.33. The lowest BCUT2D eigenvalue weighted by Crippen LogP contribution is -2.31. The van der Waals surface area contributed by atoms with Crippen molar-refractivity contribution in [3.63, 3.8) is 0 Å². The molecule has 1 aromatic heterocycles. The van der Waals surface area contributed by atoms with Crippen LogP contribution in [-0.4, -0.2) is 39.9 Å². The molecule has 0 saturated heterocycles. The number of fused-ring (bicyclic) bond motifs is 3. The molecule has 0 saturated carbocycles. The van der Waals surface area contributed by atoms with E-state index in [2.05, 4.69) is 23.7 Å². The summed E-state index contributed by atoms with van der Waals surface area (Å²) in [6.45, 7) is 6.43. The monoisotopic (exact) mass is 500 g/mol. The normalized spacial score (nSPS) is 12.1. The molecular formula is C27H30Cl2N2O3. The fourth-order valence-electron chi connectivity index (χ4n) is 3.76. The molecule has 0 aliphatic heterocycles. The number of benzene rings is 3. The van der Waals surface area contributed by atoms with E-state index in [9.17, 15) is 9.90 Å². The van der Waals surface area contributed by atoms with Crippen molar-refractivity contribution in [1.29, 1.82) is 0 Å². The van der Waals surface area contributed by atoms with Gasteiger partial charge in [-0.3, -0.25) is 0 Å². The SMILES string of the molecule is CC(C)CCNCC(O)Cn1c2ccc(Cl)cc2c2cc(Cl)ccc21.O=C(O)c1ccccc1. The number of carboxylic acid groups (broad SMARTS) is 1. The average Bonchev–Trinajstić information content (AvgIpc) is 3.09. The summed E-state index contributed by atoms with van der Waals surface area (Å²) in [5, 5.41) is 25.7. The van der Waals surface area contributed by atoms with Crippen molar-refractivity contribution in [2.24, 2.45) is 5.92 Å². The first-order valence-corrected chi connectivity index (χ1v) is 12.1. The first kappa shape index (κ1) is 26.0. The van der Waals surface area contributed by atoms with Gasteiger partial charge < -0.3 is 20.1 Å². The Hall–Kier alpha value is -2.57. The van der Waals surface area contributed by atoms with Gasteiger partial charge in [-0.25, -0.2) is 4.79 Å². The minimum Gasteiger partial charge on any atom is -0.478 e. The second-order valence-corrected chi connectivity index (χ2v) is 9.52. The summed E-state index contributed by atoms with van der Waals surface area (Å²) in [5.41, 5.74) is 2.45. The molecule has 0 aliphatic rings. The number of nitrogens with one attached hydrogen (secondary N) is 1. The highest BCUT2D eigenvalue weighted by atomic mass is 35.5. The van der Waals surface area contributed by atoms with Crippen LogP contribution in [-0.2, 0) is 6.54 Å². The molecule has 1 heterocycles. The number of aromatic nitrogens is 1. The molecule has 3 N–H and O–H groups in total. The van der Waals surface area contributed by atoms with Gasteiger partial charge in [-0.1, -0.05) is 55.2 Å². The first-order valence-electron chi connectivity index (χ1n) is 11.3. The van der Waals surface area contributed by atoms with E-state index in [4.69, 9.17) is 28.3 Å². The largest absolute Gasteiger partial charge is 0.478 e. The first-order chi connectivity index (χ1) is 16.3. The summed E-state index contributed by atoms with van der Waals surface area (Å²) in [6, 6.07) is 20.0. The molecule has 0 fully saturated rings. The Kier molecular flexibility index (Phi) is 9.36. The molecule has 0 bridgehead atoms. The Balaban J connectivity index is 0.000000302. The van der Waals surface area contributed by atoms with E-state index in [1.54, 1.807) is 30.3 Å². The van der Waals surface area contributed by atoms with Gasteiger partial charge in [0.1, 0.15) is 0 Å². The molecule has 1 unspecified atom stereocenters. The molecule has 0 radical (unpaired) electrons. The third-order valence-electron chi connectivity index (χ3n) is 5.48. The van der Waals surface area contributed by atoms with Gasteiger partial charge in [-0.05, 0) is 67.4 Å². The van der Waals surface area contributed by atoms with Crippen LogP contribution in [0.1, 0.15) is 30.6 Å². The number of carbonyl (C=O) groups is 1. The highest BCUT2D eigenvalue weighted by Crippen LogP contribution is 2.33. The van der Waals surface area contributed by atoms with E-state index in [1.807, 2.05) is 36.4 Å². The van der Waals surface area contributed by atoms with Crippen molar-refractivity contribution in [2.75, 3.05) is 13.1 Å². The lowest BCUT2D eigenvalue weighted by atomic mass is 10.1. The molecule has 4 rings (SSSR count). The van der Waals surface area contributed by atoms with Crippen molar-refractivity contribution in [2.45, 2.75) is 32.9 Å². The lowest BCUT2D eigenvalue weighted by Gasteiger charge is -2.15. The van der Waals surface area contributed by atoms with Crippen LogP contribution < -0.4 is 5.32 Å². The minimum atomic E-state index is -0.879. The van der Waals surface area contributed by atoms with E-state index in [-0.39, 0.29) is 0 Å². The van der Waals surface area contributed by atoms with Crippen molar-refractivity contribution in [3.8, 4) is 0 Å². The summed E-state index contributed by atoms with van der Waals surface area (Å²) in [4.78, 5) is 10.2. The summed E-state index contributed by atoms with van der Waals surface area (Å²) in [6.07, 6.45) is 0.649. The number of nitrogens with zero attached hydrogens (tertiary/aromatic N) is 1. The van der Waals surface area contributed by atoms with Crippen molar-refractivity contribution >= 4 is 51.0 Å². The van der Waals surface area contributed by atoms with Crippen LogP contribution in [0.5, 0.6) is 0 Å². The number of rotatable bonds is 8. The molecule has 3 aromatic carbocycles. The van der Waals surface area contributed by atoms with E-state index >= 15 is 0 Å². The maximum absolute atomic E-state index is 10.5. The summed E-state index contributed by atoms with van der Waals surface area (Å²) in [7, 11) is 0. The molecule has 4 aromatic rings. The molecule has 34 heavy (non-hydrogen) atoms. The fraction of sp³-hybridized carbons (Fsp3) is 0.296. The summed E-state index contributed by atoms with van der Waals surface area (Å²) < 4.78 is 2.14. The Morgan fingerprint density at radius 2 is 1.50 bits per heavy atom. The van der Waals surface area contributed by atoms with Gasteiger partial charge in [-0.15, -0.1) is 0 Å². The molecule has 1 atom stereocenters. The van der Waals surface area contributed by atoms with Crippen LogP contribution in [0.15, 0.2) is 66.7 Å². The Morgan fingerprint density at radius 3 is 1.97 bits per heavy atom. The minimum absolute atomic E-state index is 0.331. The zero-order valence-electron chi connectivity index (χ0n) is 19.3. The topological polar surface area (TPSA) is 74.5 Å². The maximum atomic E-state index is 10.5. The lowest BCUT2D eigenvalue weighted by molar-refractivity contribution is 0.0697. The van der Waals surface area contributed by atoms with Crippen molar-refractivity contribution < 1.29 is 15.0 Å². The fourth-order valence-corrected chi connectivity index (χ4v) is 4.10.